The van der Waals surface area contributed by atoms with Crippen molar-refractivity contribution in [1.82, 2.24) is 9.97 Å². The minimum atomic E-state index is -0.583. The van der Waals surface area contributed by atoms with Gasteiger partial charge in [0.25, 0.3) is 0 Å². The number of ether oxygens (including phenoxy) is 1. The maximum absolute atomic E-state index is 12.3. The van der Waals surface area contributed by atoms with Crippen molar-refractivity contribution in [3.8, 4) is 22.9 Å². The molecule has 0 fully saturated rings. The van der Waals surface area contributed by atoms with Crippen LogP contribution in [0.3, 0.4) is 0 Å². The average Bonchev–Trinajstić information content (AvgIpc) is 2.93. The normalized spacial score (nSPS) is 10.8. The van der Waals surface area contributed by atoms with E-state index in [9.17, 15) is 4.79 Å². The highest BCUT2D eigenvalue weighted by Crippen LogP contribution is 2.31. The summed E-state index contributed by atoms with van der Waals surface area (Å²) in [5.41, 5.74) is 0.310. The van der Waals surface area contributed by atoms with Crippen LogP contribution in [0.4, 0.5) is 9.80 Å². The molecule has 6 heteroatoms. The molecule has 0 aromatic carbocycles. The number of hydrogen-bond donors (Lipinski definition) is 0. The topological polar surface area (TPSA) is 55.3 Å². The summed E-state index contributed by atoms with van der Waals surface area (Å²) in [5, 5.41) is 1.42. The molecule has 2 rings (SSSR count). The second-order valence-corrected chi connectivity index (χ2v) is 6.53. The third kappa shape index (κ3) is 4.06. The zero-order chi connectivity index (χ0) is 16.2. The molecular formula is C16H17N3O2S. The van der Waals surface area contributed by atoms with E-state index >= 15 is 0 Å². The van der Waals surface area contributed by atoms with Gasteiger partial charge in [-0.05, 0) is 32.9 Å². The first-order chi connectivity index (χ1) is 10.4. The summed E-state index contributed by atoms with van der Waals surface area (Å²) in [6.07, 6.45) is 9.92. The predicted molar refractivity (Wildman–Crippen MR) is 87.8 cm³/mol. The molecule has 0 aliphatic heterocycles. The first-order valence-corrected chi connectivity index (χ1v) is 7.52. The molecule has 2 heterocycles. The van der Waals surface area contributed by atoms with Gasteiger partial charge in [-0.15, -0.1) is 6.42 Å². The summed E-state index contributed by atoms with van der Waals surface area (Å²) >= 11 is 1.37. The van der Waals surface area contributed by atoms with Gasteiger partial charge in [0, 0.05) is 18.0 Å². The lowest BCUT2D eigenvalue weighted by molar-refractivity contribution is 0.0586. The van der Waals surface area contributed by atoms with Gasteiger partial charge < -0.3 is 4.74 Å². The van der Waals surface area contributed by atoms with Crippen molar-refractivity contribution in [3.05, 3.63) is 30.7 Å². The Morgan fingerprint density at radius 2 is 2.23 bits per heavy atom. The lowest BCUT2D eigenvalue weighted by atomic mass is 10.2. The lowest BCUT2D eigenvalue weighted by Gasteiger charge is -2.24. The van der Waals surface area contributed by atoms with Gasteiger partial charge in [0.15, 0.2) is 0 Å². The second kappa shape index (κ2) is 6.58. The van der Waals surface area contributed by atoms with E-state index in [4.69, 9.17) is 11.2 Å². The number of pyridine rings is 1. The number of carbonyl (C=O) groups excluding carboxylic acids is 1. The third-order valence-corrected chi connectivity index (χ3v) is 3.60. The maximum atomic E-state index is 12.3. The molecular weight excluding hydrogens is 298 g/mol. The molecule has 2 aromatic rings. The van der Waals surface area contributed by atoms with E-state index in [0.717, 1.165) is 10.6 Å². The molecule has 114 valence electrons. The van der Waals surface area contributed by atoms with Crippen molar-refractivity contribution in [2.45, 2.75) is 26.4 Å². The molecule has 5 nitrogen and oxygen atoms in total. The van der Waals surface area contributed by atoms with Gasteiger partial charge in [0.05, 0.1) is 12.7 Å². The van der Waals surface area contributed by atoms with Crippen molar-refractivity contribution in [3.63, 3.8) is 0 Å². The third-order valence-electron chi connectivity index (χ3n) is 2.53. The number of amides is 1. The smallest absolute Gasteiger partial charge is 0.416 e. The monoisotopic (exact) mass is 315 g/mol. The van der Waals surface area contributed by atoms with Crippen LogP contribution in [0.2, 0.25) is 0 Å². The van der Waals surface area contributed by atoms with Crippen LogP contribution in [0, 0.1) is 12.3 Å². The van der Waals surface area contributed by atoms with Crippen molar-refractivity contribution in [1.29, 1.82) is 0 Å². The largest absolute Gasteiger partial charge is 0.443 e. The minimum absolute atomic E-state index is 0.129. The van der Waals surface area contributed by atoms with Crippen LogP contribution in [0.25, 0.3) is 10.6 Å². The van der Waals surface area contributed by atoms with E-state index in [1.807, 2.05) is 32.9 Å². The van der Waals surface area contributed by atoms with Crippen LogP contribution in [-0.4, -0.2) is 28.2 Å². The average molecular weight is 315 g/mol. The Bertz CT molecular complexity index is 683. The van der Waals surface area contributed by atoms with Crippen molar-refractivity contribution < 1.29 is 9.53 Å². The molecule has 0 radical (unpaired) electrons. The molecule has 0 aliphatic rings. The number of thiazole rings is 1. The molecule has 1 amide bonds. The fourth-order valence-electron chi connectivity index (χ4n) is 1.65. The van der Waals surface area contributed by atoms with E-state index in [1.165, 1.54) is 16.2 Å². The van der Waals surface area contributed by atoms with Gasteiger partial charge in [-0.25, -0.2) is 9.78 Å². The Morgan fingerprint density at radius 1 is 1.45 bits per heavy atom. The fraction of sp³-hybridized carbons (Fsp3) is 0.312. The molecule has 0 unspecified atom stereocenters. The van der Waals surface area contributed by atoms with Crippen molar-refractivity contribution >= 4 is 22.4 Å². The highest BCUT2D eigenvalue weighted by molar-refractivity contribution is 7.19. The first kappa shape index (κ1) is 16.0. The number of aromatic nitrogens is 2. The predicted octanol–water partition coefficient (Wildman–Crippen LogP) is 3.58. The molecule has 0 spiro atoms. The summed E-state index contributed by atoms with van der Waals surface area (Å²) in [7, 11) is 0. The molecule has 2 aromatic heterocycles. The number of nitrogens with zero attached hydrogens (tertiary/aromatic N) is 3. The number of hydrogen-bond acceptors (Lipinski definition) is 5. The van der Waals surface area contributed by atoms with Gasteiger partial charge in [0.2, 0.25) is 0 Å². The summed E-state index contributed by atoms with van der Waals surface area (Å²) in [6.45, 7) is 5.57. The second-order valence-electron chi connectivity index (χ2n) is 5.52. The van der Waals surface area contributed by atoms with Crippen LogP contribution >= 0.6 is 11.3 Å². The molecule has 0 atom stereocenters. The Balaban J connectivity index is 2.25. The maximum Gasteiger partial charge on any atom is 0.416 e. The summed E-state index contributed by atoms with van der Waals surface area (Å²) in [4.78, 5) is 22.1. The van der Waals surface area contributed by atoms with Gasteiger partial charge in [0.1, 0.15) is 15.6 Å². The van der Waals surface area contributed by atoms with Gasteiger partial charge in [-0.3, -0.25) is 9.88 Å². The fourth-order valence-corrected chi connectivity index (χ4v) is 2.55. The Morgan fingerprint density at radius 3 is 2.82 bits per heavy atom. The molecule has 0 N–H and O–H groups in total. The highest BCUT2D eigenvalue weighted by atomic mass is 32.1. The van der Waals surface area contributed by atoms with E-state index in [-0.39, 0.29) is 6.54 Å². The van der Waals surface area contributed by atoms with E-state index < -0.39 is 11.7 Å². The minimum Gasteiger partial charge on any atom is -0.443 e. The van der Waals surface area contributed by atoms with E-state index in [2.05, 4.69) is 15.9 Å². The van der Waals surface area contributed by atoms with Crippen LogP contribution in [-0.2, 0) is 4.74 Å². The van der Waals surface area contributed by atoms with Crippen LogP contribution < -0.4 is 4.90 Å². The quantitative estimate of drug-likeness (QED) is 0.812. The highest BCUT2D eigenvalue weighted by Gasteiger charge is 2.24. The Hall–Kier alpha value is -2.39. The van der Waals surface area contributed by atoms with Crippen molar-refractivity contribution in [2.24, 2.45) is 0 Å². The van der Waals surface area contributed by atoms with E-state index in [0.29, 0.717) is 5.00 Å². The van der Waals surface area contributed by atoms with Crippen molar-refractivity contribution in [2.75, 3.05) is 11.4 Å². The standard InChI is InChI=1S/C16H17N3O2S/c1-5-9-19(15(20)21-16(2,3)4)13-11-18-14(22-13)12-7-6-8-17-10-12/h1,6-8,10-11H,9H2,2-4H3. The summed E-state index contributed by atoms with van der Waals surface area (Å²) in [6, 6.07) is 3.75. The van der Waals surface area contributed by atoms with Gasteiger partial charge >= 0.3 is 6.09 Å². The molecule has 0 saturated carbocycles. The zero-order valence-electron chi connectivity index (χ0n) is 12.7. The van der Waals surface area contributed by atoms with Gasteiger partial charge in [-0.2, -0.15) is 0 Å². The van der Waals surface area contributed by atoms with Crippen LogP contribution in [0.1, 0.15) is 20.8 Å². The first-order valence-electron chi connectivity index (χ1n) is 6.71. The number of carbonyl (C=O) groups is 1. The summed E-state index contributed by atoms with van der Waals surface area (Å²) in [5.74, 6) is 2.47. The van der Waals surface area contributed by atoms with Gasteiger partial charge in [-0.1, -0.05) is 17.3 Å². The Kier molecular flexibility index (Phi) is 4.78. The SMILES string of the molecule is C#CCN(C(=O)OC(C)(C)C)c1cnc(-c2cccnc2)s1. The number of rotatable bonds is 3. The molecule has 22 heavy (non-hydrogen) atoms. The van der Waals surface area contributed by atoms with Crippen LogP contribution in [0.15, 0.2) is 30.7 Å². The number of terminal acetylenes is 1. The lowest BCUT2D eigenvalue weighted by Crippen LogP contribution is -2.36. The number of anilines is 1. The van der Waals surface area contributed by atoms with E-state index in [1.54, 1.807) is 18.6 Å². The Labute approximate surface area is 134 Å². The molecule has 0 saturated heterocycles. The summed E-state index contributed by atoms with van der Waals surface area (Å²) < 4.78 is 5.38. The molecule has 0 aliphatic carbocycles. The van der Waals surface area contributed by atoms with Crippen LogP contribution in [0.5, 0.6) is 0 Å². The zero-order valence-corrected chi connectivity index (χ0v) is 13.6. The molecule has 0 bridgehead atoms.